The molecule has 5 heterocycles. The van der Waals surface area contributed by atoms with Crippen LogP contribution in [0.25, 0.3) is 22.5 Å². The van der Waals surface area contributed by atoms with E-state index in [1.54, 1.807) is 35.4 Å². The fraction of sp³-hybridized carbons (Fsp3) is 0.394. The van der Waals surface area contributed by atoms with E-state index < -0.39 is 11.8 Å². The monoisotopic (exact) mass is 627 g/mol. The third kappa shape index (κ3) is 6.45. The first-order valence-corrected chi connectivity index (χ1v) is 15.2. The Hall–Kier alpha value is -4.80. The lowest BCUT2D eigenvalue weighted by atomic mass is 9.95. The van der Waals surface area contributed by atoms with Gasteiger partial charge in [-0.2, -0.15) is 5.26 Å². The SMILES string of the molecule is C[C@@H]1CN(Cc2cc3c(c(C(C)(F)F)c2)CN(c2cc(-c4cnccc4-c4nncn4C)cc(NCCCC#N)n2)C3=O)CCO1. The van der Waals surface area contributed by atoms with Crippen LogP contribution in [0.3, 0.4) is 0 Å². The lowest BCUT2D eigenvalue weighted by Crippen LogP contribution is -2.40. The number of aryl methyl sites for hydroxylation is 1. The molecule has 46 heavy (non-hydrogen) atoms. The maximum atomic E-state index is 15.1. The van der Waals surface area contributed by atoms with Gasteiger partial charge in [0.1, 0.15) is 18.0 Å². The Balaban J connectivity index is 1.40. The van der Waals surface area contributed by atoms with Crippen LogP contribution >= 0.6 is 0 Å². The van der Waals surface area contributed by atoms with Gasteiger partial charge in [-0.15, -0.1) is 10.2 Å². The van der Waals surface area contributed by atoms with E-state index in [0.29, 0.717) is 79.8 Å². The van der Waals surface area contributed by atoms with Crippen molar-refractivity contribution in [3.8, 4) is 28.6 Å². The van der Waals surface area contributed by atoms with Crippen molar-refractivity contribution in [3.63, 3.8) is 0 Å². The second kappa shape index (κ2) is 12.9. The summed E-state index contributed by atoms with van der Waals surface area (Å²) in [5.41, 5.74) is 3.26. The molecule has 3 aromatic heterocycles. The molecule has 238 valence electrons. The smallest absolute Gasteiger partial charge is 0.270 e. The summed E-state index contributed by atoms with van der Waals surface area (Å²) in [6.45, 7) is 5.66. The molecule has 1 atom stereocenters. The molecule has 13 heteroatoms. The van der Waals surface area contributed by atoms with Crippen molar-refractivity contribution in [3.05, 3.63) is 71.3 Å². The number of hydrogen-bond acceptors (Lipinski definition) is 9. The minimum atomic E-state index is -3.15. The molecule has 0 aliphatic carbocycles. The third-order valence-corrected chi connectivity index (χ3v) is 8.25. The van der Waals surface area contributed by atoms with E-state index in [4.69, 9.17) is 15.0 Å². The largest absolute Gasteiger partial charge is 0.376 e. The molecule has 2 aliphatic heterocycles. The van der Waals surface area contributed by atoms with Crippen LogP contribution in [0.4, 0.5) is 20.4 Å². The van der Waals surface area contributed by atoms with Crippen LogP contribution in [0.15, 0.2) is 49.1 Å². The number of benzene rings is 1. The number of aromatic nitrogens is 5. The van der Waals surface area contributed by atoms with Crippen LogP contribution in [-0.2, 0) is 30.8 Å². The van der Waals surface area contributed by atoms with Crippen molar-refractivity contribution >= 4 is 17.5 Å². The van der Waals surface area contributed by atoms with E-state index >= 15 is 8.78 Å². The predicted molar refractivity (Wildman–Crippen MR) is 168 cm³/mol. The molecule has 1 fully saturated rings. The average molecular weight is 628 g/mol. The molecule has 6 rings (SSSR count). The predicted octanol–water partition coefficient (Wildman–Crippen LogP) is 5.15. The quantitative estimate of drug-likeness (QED) is 0.238. The first-order chi connectivity index (χ1) is 22.1. The highest BCUT2D eigenvalue weighted by atomic mass is 19.3. The number of halogens is 2. The topological polar surface area (TPSA) is 125 Å². The number of nitrogens with one attached hydrogen (secondary N) is 1. The van der Waals surface area contributed by atoms with Gasteiger partial charge < -0.3 is 14.6 Å². The molecule has 1 saturated heterocycles. The molecule has 1 amide bonds. The van der Waals surface area contributed by atoms with E-state index in [0.717, 1.165) is 18.1 Å². The van der Waals surface area contributed by atoms with Gasteiger partial charge in [-0.25, -0.2) is 13.8 Å². The number of rotatable bonds is 10. The van der Waals surface area contributed by atoms with E-state index in [9.17, 15) is 4.79 Å². The molecule has 1 aromatic carbocycles. The number of anilines is 2. The number of carbonyl (C=O) groups is 1. The van der Waals surface area contributed by atoms with Gasteiger partial charge in [-0.3, -0.25) is 19.6 Å². The molecular weight excluding hydrogens is 592 g/mol. The number of ether oxygens (including phenoxy) is 1. The van der Waals surface area contributed by atoms with Crippen LogP contribution < -0.4 is 10.2 Å². The van der Waals surface area contributed by atoms with Crippen molar-refractivity contribution in [2.75, 3.05) is 36.5 Å². The molecule has 0 bridgehead atoms. The van der Waals surface area contributed by atoms with Crippen molar-refractivity contribution < 1.29 is 18.3 Å². The van der Waals surface area contributed by atoms with Crippen molar-refractivity contribution in [1.29, 1.82) is 5.26 Å². The van der Waals surface area contributed by atoms with Crippen LogP contribution in [0.5, 0.6) is 0 Å². The summed E-state index contributed by atoms with van der Waals surface area (Å²) in [4.78, 5) is 26.7. The first-order valence-electron chi connectivity index (χ1n) is 15.2. The van der Waals surface area contributed by atoms with Gasteiger partial charge in [0, 0.05) is 81.2 Å². The maximum absolute atomic E-state index is 15.1. The number of unbranched alkanes of at least 4 members (excludes halogenated alkanes) is 1. The Bertz CT molecular complexity index is 1800. The Morgan fingerprint density at radius 3 is 2.78 bits per heavy atom. The van der Waals surface area contributed by atoms with Gasteiger partial charge >= 0.3 is 0 Å². The Labute approximate surface area is 265 Å². The summed E-state index contributed by atoms with van der Waals surface area (Å²) in [5, 5.41) is 20.5. The van der Waals surface area contributed by atoms with Gasteiger partial charge in [0.25, 0.3) is 11.8 Å². The average Bonchev–Trinajstić information content (AvgIpc) is 3.61. The number of fused-ring (bicyclic) bond motifs is 1. The number of nitriles is 1. The van der Waals surface area contributed by atoms with Gasteiger partial charge in [-0.05, 0) is 60.4 Å². The molecule has 0 spiro atoms. The molecule has 11 nitrogen and oxygen atoms in total. The zero-order valence-corrected chi connectivity index (χ0v) is 26.0. The number of pyridine rings is 2. The fourth-order valence-electron chi connectivity index (χ4n) is 6.06. The van der Waals surface area contributed by atoms with E-state index in [-0.39, 0.29) is 23.8 Å². The van der Waals surface area contributed by atoms with Crippen LogP contribution in [-0.4, -0.2) is 67.9 Å². The number of amides is 1. The molecule has 4 aromatic rings. The van der Waals surface area contributed by atoms with Crippen molar-refractivity contribution in [2.45, 2.75) is 51.8 Å². The highest BCUT2D eigenvalue weighted by Crippen LogP contribution is 2.40. The van der Waals surface area contributed by atoms with Gasteiger partial charge in [-0.1, -0.05) is 0 Å². The van der Waals surface area contributed by atoms with Crippen molar-refractivity contribution in [1.82, 2.24) is 29.6 Å². The Morgan fingerprint density at radius 1 is 1.20 bits per heavy atom. The molecular formula is C33H35F2N9O2. The molecule has 1 N–H and O–H groups in total. The number of carbonyl (C=O) groups excluding carboxylic acids is 1. The number of nitrogens with zero attached hydrogens (tertiary/aromatic N) is 8. The molecule has 0 unspecified atom stereocenters. The Kier molecular flexibility index (Phi) is 8.75. The highest BCUT2D eigenvalue weighted by Gasteiger charge is 2.38. The number of alkyl halides is 2. The minimum absolute atomic E-state index is 0.0439. The van der Waals surface area contributed by atoms with Gasteiger partial charge in [0.15, 0.2) is 5.82 Å². The second-order valence-electron chi connectivity index (χ2n) is 11.8. The summed E-state index contributed by atoms with van der Waals surface area (Å²) in [6.07, 6.45) is 5.99. The molecule has 0 saturated carbocycles. The van der Waals surface area contributed by atoms with E-state index in [1.807, 2.05) is 26.1 Å². The Morgan fingerprint density at radius 2 is 2.04 bits per heavy atom. The number of morpholine rings is 1. The van der Waals surface area contributed by atoms with E-state index in [2.05, 4.69) is 31.5 Å². The maximum Gasteiger partial charge on any atom is 0.270 e. The second-order valence-corrected chi connectivity index (χ2v) is 11.8. The molecule has 0 radical (unpaired) electrons. The highest BCUT2D eigenvalue weighted by molar-refractivity contribution is 6.10. The van der Waals surface area contributed by atoms with Crippen LogP contribution in [0.1, 0.15) is 53.7 Å². The summed E-state index contributed by atoms with van der Waals surface area (Å²) in [5.74, 6) is -2.13. The first kappa shape index (κ1) is 31.2. The summed E-state index contributed by atoms with van der Waals surface area (Å²) in [7, 11) is 1.84. The normalized spacial score (nSPS) is 16.8. The number of hydrogen-bond donors (Lipinski definition) is 1. The third-order valence-electron chi connectivity index (χ3n) is 8.25. The van der Waals surface area contributed by atoms with Crippen LogP contribution in [0.2, 0.25) is 0 Å². The van der Waals surface area contributed by atoms with E-state index in [1.165, 1.54) is 11.0 Å². The van der Waals surface area contributed by atoms with Gasteiger partial charge in [0.2, 0.25) is 0 Å². The standard InChI is InChI=1S/C33H35F2N9O2/c1-21-17-43(10-11-46-21)18-22-12-25-27(28(13-22)33(2,34)35)19-44(32(25)45)30-15-23(14-29(40-30)38-8-5-4-7-36)26-16-37-9-6-24(26)31-41-39-20-42(31)3/h6,9,12-16,20-21H,4-5,8,10-11,17-19H2,1-3H3,(H,38,40)/t21-/m1/s1. The zero-order chi connectivity index (χ0) is 32.4. The fourth-order valence-corrected chi connectivity index (χ4v) is 6.06. The minimum Gasteiger partial charge on any atom is -0.376 e. The zero-order valence-electron chi connectivity index (χ0n) is 26.0. The summed E-state index contributed by atoms with van der Waals surface area (Å²) in [6, 6.07) is 10.8. The lowest BCUT2D eigenvalue weighted by Gasteiger charge is -2.31. The molecule has 2 aliphatic rings. The summed E-state index contributed by atoms with van der Waals surface area (Å²) < 4.78 is 37.7. The van der Waals surface area contributed by atoms with Crippen LogP contribution in [0, 0.1) is 11.3 Å². The van der Waals surface area contributed by atoms with Gasteiger partial charge in [0.05, 0.1) is 25.3 Å². The van der Waals surface area contributed by atoms with Crippen molar-refractivity contribution in [2.24, 2.45) is 7.05 Å². The summed E-state index contributed by atoms with van der Waals surface area (Å²) >= 11 is 0. The lowest BCUT2D eigenvalue weighted by molar-refractivity contribution is -0.0213.